The summed E-state index contributed by atoms with van der Waals surface area (Å²) in [5.41, 5.74) is 2.23. The molecule has 0 spiro atoms. The smallest absolute Gasteiger partial charge is 0.204 e. The molecule has 1 aliphatic rings. The molecule has 2 heterocycles. The molecule has 1 fully saturated rings. The molecule has 1 N–H and O–H groups in total. The Morgan fingerprint density at radius 2 is 1.75 bits per heavy atom. The topological polar surface area (TPSA) is 55.6 Å². The van der Waals surface area contributed by atoms with Crippen LogP contribution in [0.2, 0.25) is 0 Å². The van der Waals surface area contributed by atoms with E-state index in [0.717, 1.165) is 25.1 Å². The van der Waals surface area contributed by atoms with Gasteiger partial charge in [-0.15, -0.1) is 10.2 Å². The second-order valence-corrected chi connectivity index (χ2v) is 7.46. The van der Waals surface area contributed by atoms with Gasteiger partial charge in [0.1, 0.15) is 6.04 Å². The van der Waals surface area contributed by atoms with E-state index >= 15 is 0 Å². The van der Waals surface area contributed by atoms with E-state index in [1.165, 1.54) is 22.8 Å². The standard InChI is InChI=1S/C23H23N5/c1-2-8-18(9-3-1)23-25-27-28(26-23)22(21-11-6-14-24-16-21)20-13-12-17-7-4-5-10-19(17)15-20/h1-5,7-10,12-13,15,21-22,24H,6,11,14,16H2/t21?,22-/m1/s1. The van der Waals surface area contributed by atoms with Crippen LogP contribution >= 0.6 is 0 Å². The normalized spacial score (nSPS) is 18.2. The molecule has 0 bridgehead atoms. The minimum absolute atomic E-state index is 0.0716. The van der Waals surface area contributed by atoms with Crippen molar-refractivity contribution in [2.75, 3.05) is 13.1 Å². The van der Waals surface area contributed by atoms with Crippen molar-refractivity contribution < 1.29 is 0 Å². The summed E-state index contributed by atoms with van der Waals surface area (Å²) in [6.45, 7) is 2.06. The van der Waals surface area contributed by atoms with E-state index in [0.29, 0.717) is 11.7 Å². The van der Waals surface area contributed by atoms with Gasteiger partial charge in [0, 0.05) is 12.1 Å². The molecule has 5 nitrogen and oxygen atoms in total. The van der Waals surface area contributed by atoms with E-state index in [2.05, 4.69) is 58.1 Å². The number of benzene rings is 3. The van der Waals surface area contributed by atoms with Crippen molar-refractivity contribution in [3.63, 3.8) is 0 Å². The van der Waals surface area contributed by atoms with E-state index < -0.39 is 0 Å². The van der Waals surface area contributed by atoms with Gasteiger partial charge in [-0.1, -0.05) is 66.7 Å². The first-order chi connectivity index (χ1) is 13.9. The van der Waals surface area contributed by atoms with Crippen molar-refractivity contribution in [1.82, 2.24) is 25.5 Å². The highest BCUT2D eigenvalue weighted by atomic mass is 15.6. The average Bonchev–Trinajstić information content (AvgIpc) is 3.25. The fraction of sp³-hybridized carbons (Fsp3) is 0.261. The molecule has 5 heteroatoms. The third-order valence-electron chi connectivity index (χ3n) is 5.61. The molecule has 5 rings (SSSR count). The zero-order valence-corrected chi connectivity index (χ0v) is 15.7. The first-order valence-electron chi connectivity index (χ1n) is 9.93. The highest BCUT2D eigenvalue weighted by Gasteiger charge is 2.29. The van der Waals surface area contributed by atoms with Crippen molar-refractivity contribution in [3.8, 4) is 11.4 Å². The Morgan fingerprint density at radius 3 is 2.57 bits per heavy atom. The summed E-state index contributed by atoms with van der Waals surface area (Å²) in [5.74, 6) is 1.11. The number of piperidine rings is 1. The number of nitrogens with zero attached hydrogens (tertiary/aromatic N) is 4. The molecule has 1 aromatic heterocycles. The largest absolute Gasteiger partial charge is 0.316 e. The monoisotopic (exact) mass is 369 g/mol. The Balaban J connectivity index is 1.57. The molecule has 0 aliphatic carbocycles. The molecule has 140 valence electrons. The molecule has 0 amide bonds. The molecule has 1 aliphatic heterocycles. The highest BCUT2D eigenvalue weighted by Crippen LogP contribution is 2.32. The first kappa shape index (κ1) is 17.1. The van der Waals surface area contributed by atoms with Crippen molar-refractivity contribution in [2.45, 2.75) is 18.9 Å². The van der Waals surface area contributed by atoms with Gasteiger partial charge in [0.2, 0.25) is 5.82 Å². The van der Waals surface area contributed by atoms with Gasteiger partial charge in [-0.3, -0.25) is 0 Å². The van der Waals surface area contributed by atoms with E-state index in [1.54, 1.807) is 0 Å². The van der Waals surface area contributed by atoms with Gasteiger partial charge in [-0.25, -0.2) is 0 Å². The van der Waals surface area contributed by atoms with Crippen LogP contribution in [0.15, 0.2) is 72.8 Å². The van der Waals surface area contributed by atoms with Crippen LogP contribution in [0.3, 0.4) is 0 Å². The van der Waals surface area contributed by atoms with E-state index in [4.69, 9.17) is 5.10 Å². The second kappa shape index (κ2) is 7.52. The third-order valence-corrected chi connectivity index (χ3v) is 5.61. The van der Waals surface area contributed by atoms with Gasteiger partial charge in [-0.2, -0.15) is 4.80 Å². The van der Waals surface area contributed by atoms with Crippen LogP contribution in [-0.4, -0.2) is 33.3 Å². The Hall–Kier alpha value is -3.05. The summed E-state index contributed by atoms with van der Waals surface area (Å²) >= 11 is 0. The minimum Gasteiger partial charge on any atom is -0.316 e. The number of rotatable bonds is 4. The van der Waals surface area contributed by atoms with E-state index in [9.17, 15) is 0 Å². The molecular weight excluding hydrogens is 346 g/mol. The molecule has 4 aromatic rings. The number of nitrogens with one attached hydrogen (secondary N) is 1. The number of aromatic nitrogens is 4. The van der Waals surface area contributed by atoms with Crippen molar-refractivity contribution in [3.05, 3.63) is 78.4 Å². The summed E-state index contributed by atoms with van der Waals surface area (Å²) in [4.78, 5) is 1.82. The lowest BCUT2D eigenvalue weighted by atomic mass is 9.87. The highest BCUT2D eigenvalue weighted by molar-refractivity contribution is 5.83. The van der Waals surface area contributed by atoms with Crippen LogP contribution in [0.25, 0.3) is 22.2 Å². The van der Waals surface area contributed by atoms with Gasteiger partial charge in [0.15, 0.2) is 0 Å². The van der Waals surface area contributed by atoms with Crippen LogP contribution in [-0.2, 0) is 0 Å². The quantitative estimate of drug-likeness (QED) is 0.589. The van der Waals surface area contributed by atoms with Crippen LogP contribution in [0.1, 0.15) is 24.4 Å². The SMILES string of the molecule is c1ccc(-c2nnn([C@H](c3ccc4ccccc4c3)C3CCCNC3)n2)cc1. The van der Waals surface area contributed by atoms with Gasteiger partial charge in [0.05, 0.1) is 0 Å². The molecule has 3 aromatic carbocycles. The second-order valence-electron chi connectivity index (χ2n) is 7.46. The molecule has 1 unspecified atom stereocenters. The fourth-order valence-corrected chi connectivity index (χ4v) is 4.18. The predicted molar refractivity (Wildman–Crippen MR) is 111 cm³/mol. The maximum Gasteiger partial charge on any atom is 0.204 e. The predicted octanol–water partition coefficient (Wildman–Crippen LogP) is 4.08. The number of hydrogen-bond donors (Lipinski definition) is 1. The summed E-state index contributed by atoms with van der Waals surface area (Å²) in [6.07, 6.45) is 2.34. The lowest BCUT2D eigenvalue weighted by Gasteiger charge is -2.30. The fourth-order valence-electron chi connectivity index (χ4n) is 4.18. The Bertz CT molecular complexity index is 1070. The summed E-state index contributed by atoms with van der Waals surface area (Å²) in [7, 11) is 0. The molecule has 28 heavy (non-hydrogen) atoms. The molecule has 2 atom stereocenters. The van der Waals surface area contributed by atoms with Gasteiger partial charge >= 0.3 is 0 Å². The van der Waals surface area contributed by atoms with Crippen LogP contribution in [0.4, 0.5) is 0 Å². The molecular formula is C23H23N5. The van der Waals surface area contributed by atoms with Crippen molar-refractivity contribution in [2.24, 2.45) is 5.92 Å². The molecule has 0 radical (unpaired) electrons. The lowest BCUT2D eigenvalue weighted by Crippen LogP contribution is -2.36. The maximum absolute atomic E-state index is 4.78. The van der Waals surface area contributed by atoms with Crippen molar-refractivity contribution >= 4 is 10.8 Å². The maximum atomic E-state index is 4.78. The minimum atomic E-state index is 0.0716. The van der Waals surface area contributed by atoms with Crippen LogP contribution < -0.4 is 5.32 Å². The number of fused-ring (bicyclic) bond motifs is 1. The van der Waals surface area contributed by atoms with Crippen LogP contribution in [0, 0.1) is 5.92 Å². The molecule has 0 saturated carbocycles. The Labute approximate surface area is 164 Å². The zero-order chi connectivity index (χ0) is 18.8. The van der Waals surface area contributed by atoms with Crippen LogP contribution in [0.5, 0.6) is 0 Å². The molecule has 1 saturated heterocycles. The van der Waals surface area contributed by atoms with E-state index in [-0.39, 0.29) is 6.04 Å². The van der Waals surface area contributed by atoms with Gasteiger partial charge < -0.3 is 5.32 Å². The third kappa shape index (κ3) is 3.29. The Morgan fingerprint density at radius 1 is 0.929 bits per heavy atom. The van der Waals surface area contributed by atoms with E-state index in [1.807, 2.05) is 35.1 Å². The summed E-state index contributed by atoms with van der Waals surface area (Å²) < 4.78 is 0. The summed E-state index contributed by atoms with van der Waals surface area (Å²) in [6, 6.07) is 25.3. The zero-order valence-electron chi connectivity index (χ0n) is 15.7. The van der Waals surface area contributed by atoms with Gasteiger partial charge in [0.25, 0.3) is 0 Å². The average molecular weight is 369 g/mol. The lowest BCUT2D eigenvalue weighted by molar-refractivity contribution is 0.261. The van der Waals surface area contributed by atoms with Gasteiger partial charge in [-0.05, 0) is 52.9 Å². The Kier molecular flexibility index (Phi) is 4.59. The first-order valence-corrected chi connectivity index (χ1v) is 9.93. The van der Waals surface area contributed by atoms with Crippen molar-refractivity contribution in [1.29, 1.82) is 0 Å². The summed E-state index contributed by atoms with van der Waals surface area (Å²) in [5, 5.41) is 19.6. The number of hydrogen-bond acceptors (Lipinski definition) is 4. The number of tetrazole rings is 1.